The van der Waals surface area contributed by atoms with Crippen LogP contribution in [0.25, 0.3) is 0 Å². The summed E-state index contributed by atoms with van der Waals surface area (Å²) in [6, 6.07) is 4.52. The summed E-state index contributed by atoms with van der Waals surface area (Å²) in [6.45, 7) is 2.33. The van der Waals surface area contributed by atoms with E-state index >= 15 is 0 Å². The van der Waals surface area contributed by atoms with Gasteiger partial charge in [0.25, 0.3) is 5.91 Å². The number of halogens is 2. The van der Waals surface area contributed by atoms with Gasteiger partial charge in [-0.1, -0.05) is 30.1 Å². The Bertz CT molecular complexity index is 509. The lowest BCUT2D eigenvalue weighted by molar-refractivity contribution is -0.120. The van der Waals surface area contributed by atoms with Crippen molar-refractivity contribution in [2.75, 3.05) is 19.7 Å². The minimum Gasteiger partial charge on any atom is -0.396 e. The number of aliphatic hydroxyl groups is 1. The van der Waals surface area contributed by atoms with Gasteiger partial charge >= 0.3 is 0 Å². The Labute approximate surface area is 133 Å². The molecule has 2 amide bonds. The molecule has 7 heteroatoms. The number of aliphatic hydroxyl groups excluding tert-OH is 1. The summed E-state index contributed by atoms with van der Waals surface area (Å²) in [5.74, 6) is -0.547. The Morgan fingerprint density at radius 3 is 2.62 bits per heavy atom. The highest BCUT2D eigenvalue weighted by molar-refractivity contribution is 6.36. The van der Waals surface area contributed by atoms with Crippen LogP contribution >= 0.6 is 23.2 Å². The Hall–Kier alpha value is -1.30. The molecule has 0 aliphatic rings. The minimum atomic E-state index is -0.435. The highest BCUT2D eigenvalue weighted by Gasteiger charge is 2.12. The predicted octanol–water partition coefficient (Wildman–Crippen LogP) is 1.86. The molecule has 116 valence electrons. The van der Waals surface area contributed by atoms with E-state index < -0.39 is 5.91 Å². The van der Waals surface area contributed by atoms with Gasteiger partial charge in [0.05, 0.1) is 17.1 Å². The number of nitrogens with one attached hydrogen (secondary N) is 2. The summed E-state index contributed by atoms with van der Waals surface area (Å²) in [5, 5.41) is 14.6. The van der Waals surface area contributed by atoms with Crippen molar-refractivity contribution < 1.29 is 14.7 Å². The number of rotatable bonds is 7. The largest absolute Gasteiger partial charge is 0.396 e. The van der Waals surface area contributed by atoms with E-state index in [1.807, 2.05) is 6.92 Å². The molecule has 0 bridgehead atoms. The van der Waals surface area contributed by atoms with E-state index in [-0.39, 0.29) is 35.6 Å². The Balaban J connectivity index is 2.40. The van der Waals surface area contributed by atoms with Crippen LogP contribution in [0.2, 0.25) is 10.0 Å². The van der Waals surface area contributed by atoms with E-state index in [4.69, 9.17) is 28.3 Å². The van der Waals surface area contributed by atoms with Crippen LogP contribution in [0.1, 0.15) is 23.7 Å². The van der Waals surface area contributed by atoms with Crippen molar-refractivity contribution >= 4 is 35.0 Å². The van der Waals surface area contributed by atoms with Crippen LogP contribution in [0.5, 0.6) is 0 Å². The van der Waals surface area contributed by atoms with Crippen LogP contribution in [0.4, 0.5) is 0 Å². The zero-order valence-corrected chi connectivity index (χ0v) is 13.2. The summed E-state index contributed by atoms with van der Waals surface area (Å²) in [6.07, 6.45) is 0.618. The summed E-state index contributed by atoms with van der Waals surface area (Å²) >= 11 is 11.7. The molecule has 0 radical (unpaired) electrons. The molecule has 0 aliphatic carbocycles. The second-order valence-corrected chi connectivity index (χ2v) is 5.57. The van der Waals surface area contributed by atoms with Crippen molar-refractivity contribution in [1.82, 2.24) is 10.6 Å². The first-order valence-corrected chi connectivity index (χ1v) is 7.30. The smallest absolute Gasteiger partial charge is 0.253 e. The molecule has 5 nitrogen and oxygen atoms in total. The molecule has 21 heavy (non-hydrogen) atoms. The van der Waals surface area contributed by atoms with Gasteiger partial charge < -0.3 is 15.7 Å². The first kappa shape index (κ1) is 17.8. The third kappa shape index (κ3) is 6.33. The van der Waals surface area contributed by atoms with Gasteiger partial charge in [0.15, 0.2) is 0 Å². The van der Waals surface area contributed by atoms with Crippen LogP contribution in [0.3, 0.4) is 0 Å². The number of benzene rings is 1. The van der Waals surface area contributed by atoms with E-state index in [1.54, 1.807) is 6.07 Å². The Morgan fingerprint density at radius 2 is 2.00 bits per heavy atom. The van der Waals surface area contributed by atoms with Crippen LogP contribution in [0, 0.1) is 5.92 Å². The molecule has 0 heterocycles. The second kappa shape index (κ2) is 8.87. The second-order valence-electron chi connectivity index (χ2n) is 4.73. The lowest BCUT2D eigenvalue weighted by Crippen LogP contribution is -2.38. The fourth-order valence-electron chi connectivity index (χ4n) is 1.60. The van der Waals surface area contributed by atoms with Crippen molar-refractivity contribution in [1.29, 1.82) is 0 Å². The highest BCUT2D eigenvalue weighted by atomic mass is 35.5. The SMILES string of the molecule is CC(CCO)CNC(=O)CNC(=O)c1ccc(Cl)cc1Cl. The monoisotopic (exact) mass is 332 g/mol. The van der Waals surface area contributed by atoms with E-state index in [2.05, 4.69) is 10.6 Å². The van der Waals surface area contributed by atoms with Crippen LogP contribution < -0.4 is 10.6 Å². The number of hydrogen-bond donors (Lipinski definition) is 3. The lowest BCUT2D eigenvalue weighted by atomic mass is 10.1. The van der Waals surface area contributed by atoms with Gasteiger partial charge in [0, 0.05) is 18.2 Å². The zero-order valence-electron chi connectivity index (χ0n) is 11.7. The van der Waals surface area contributed by atoms with E-state index in [1.165, 1.54) is 12.1 Å². The molecule has 3 N–H and O–H groups in total. The summed E-state index contributed by atoms with van der Waals surface area (Å²) in [7, 11) is 0. The van der Waals surface area contributed by atoms with Gasteiger partial charge in [-0.3, -0.25) is 9.59 Å². The number of carbonyl (C=O) groups is 2. The molecule has 0 fully saturated rings. The Kier molecular flexibility index (Phi) is 7.50. The molecule has 0 saturated heterocycles. The van der Waals surface area contributed by atoms with Crippen molar-refractivity contribution in [3.8, 4) is 0 Å². The van der Waals surface area contributed by atoms with E-state index in [9.17, 15) is 9.59 Å². The van der Waals surface area contributed by atoms with Gasteiger partial charge in [-0.25, -0.2) is 0 Å². The standard InChI is InChI=1S/C14H18Cl2N2O3/c1-9(4-5-19)7-17-13(20)8-18-14(21)11-3-2-10(15)6-12(11)16/h2-3,6,9,19H,4-5,7-8H2,1H3,(H,17,20)(H,18,21). The lowest BCUT2D eigenvalue weighted by Gasteiger charge is -2.12. The summed E-state index contributed by atoms with van der Waals surface area (Å²) < 4.78 is 0. The summed E-state index contributed by atoms with van der Waals surface area (Å²) in [5.41, 5.74) is 0.266. The molecule has 1 rings (SSSR count). The van der Waals surface area contributed by atoms with Gasteiger partial charge in [-0.2, -0.15) is 0 Å². The van der Waals surface area contributed by atoms with Gasteiger partial charge in [0.2, 0.25) is 5.91 Å². The first-order valence-electron chi connectivity index (χ1n) is 6.54. The van der Waals surface area contributed by atoms with Crippen LogP contribution in [0.15, 0.2) is 18.2 Å². The molecular weight excluding hydrogens is 315 g/mol. The van der Waals surface area contributed by atoms with E-state index in [0.29, 0.717) is 18.0 Å². The number of hydrogen-bond acceptors (Lipinski definition) is 3. The normalized spacial score (nSPS) is 11.8. The molecule has 1 aromatic carbocycles. The van der Waals surface area contributed by atoms with Crippen molar-refractivity contribution in [2.45, 2.75) is 13.3 Å². The molecule has 0 aliphatic heterocycles. The summed E-state index contributed by atoms with van der Waals surface area (Å²) in [4.78, 5) is 23.5. The molecule has 0 aromatic heterocycles. The molecule has 1 unspecified atom stereocenters. The first-order chi connectivity index (χ1) is 9.93. The quantitative estimate of drug-likeness (QED) is 0.713. The van der Waals surface area contributed by atoms with Crippen LogP contribution in [-0.2, 0) is 4.79 Å². The molecular formula is C14H18Cl2N2O3. The molecule has 0 spiro atoms. The van der Waals surface area contributed by atoms with Gasteiger partial charge in [0.1, 0.15) is 0 Å². The fourth-order valence-corrected chi connectivity index (χ4v) is 2.10. The molecule has 0 saturated carbocycles. The van der Waals surface area contributed by atoms with Crippen molar-refractivity contribution in [2.24, 2.45) is 5.92 Å². The third-order valence-electron chi connectivity index (χ3n) is 2.85. The molecule has 1 atom stereocenters. The topological polar surface area (TPSA) is 78.4 Å². The van der Waals surface area contributed by atoms with Crippen molar-refractivity contribution in [3.05, 3.63) is 33.8 Å². The predicted molar refractivity (Wildman–Crippen MR) is 82.7 cm³/mol. The molecule has 1 aromatic rings. The minimum absolute atomic E-state index is 0.0861. The maximum absolute atomic E-state index is 11.9. The fraction of sp³-hybridized carbons (Fsp3) is 0.429. The highest BCUT2D eigenvalue weighted by Crippen LogP contribution is 2.20. The maximum atomic E-state index is 11.9. The average Bonchev–Trinajstić information content (AvgIpc) is 2.43. The average molecular weight is 333 g/mol. The zero-order chi connectivity index (χ0) is 15.8. The van der Waals surface area contributed by atoms with Gasteiger partial charge in [-0.15, -0.1) is 0 Å². The van der Waals surface area contributed by atoms with Gasteiger partial charge in [-0.05, 0) is 30.5 Å². The maximum Gasteiger partial charge on any atom is 0.253 e. The number of carbonyl (C=O) groups excluding carboxylic acids is 2. The third-order valence-corrected chi connectivity index (χ3v) is 3.40. The number of amides is 2. The van der Waals surface area contributed by atoms with Crippen molar-refractivity contribution in [3.63, 3.8) is 0 Å². The van der Waals surface area contributed by atoms with Crippen LogP contribution in [-0.4, -0.2) is 36.6 Å². The Morgan fingerprint density at radius 1 is 1.29 bits per heavy atom. The van der Waals surface area contributed by atoms with E-state index in [0.717, 1.165) is 0 Å².